The number of phenolic OH excluding ortho intramolecular Hbond substituents is 1. The molecular weight excluding hydrogens is 246 g/mol. The number of phenols is 1. The predicted octanol–water partition coefficient (Wildman–Crippen LogP) is 3.23. The smallest absolute Gasteiger partial charge is 0.221 e. The largest absolute Gasteiger partial charge is 0.508 e. The van der Waals surface area contributed by atoms with E-state index in [-0.39, 0.29) is 11.5 Å². The normalized spacial score (nSPS) is 10.7. The Hall–Kier alpha value is -2.20. The summed E-state index contributed by atoms with van der Waals surface area (Å²) in [6.07, 6.45) is 0. The maximum Gasteiger partial charge on any atom is 0.221 e. The molecule has 3 nitrogen and oxygen atoms in total. The number of carbonyl (C=O) groups is 1. The molecule has 0 unspecified atom stereocenters. The molecule has 0 spiro atoms. The van der Waals surface area contributed by atoms with Gasteiger partial charge in [0, 0.05) is 5.56 Å². The van der Waals surface area contributed by atoms with Gasteiger partial charge < -0.3 is 5.11 Å². The molecule has 3 aromatic rings. The average Bonchev–Trinajstić information content (AvgIpc) is 2.81. The van der Waals surface area contributed by atoms with E-state index in [9.17, 15) is 9.90 Å². The third-order valence-electron chi connectivity index (χ3n) is 2.60. The minimum atomic E-state index is -0.0868. The molecule has 88 valence electrons. The summed E-state index contributed by atoms with van der Waals surface area (Å²) in [4.78, 5) is 16.5. The number of carbonyl (C=O) groups excluding carboxylic acids is 1. The Morgan fingerprint density at radius 1 is 1.11 bits per heavy atom. The van der Waals surface area contributed by atoms with Gasteiger partial charge in [0.25, 0.3) is 0 Å². The molecule has 0 bridgehead atoms. The second kappa shape index (κ2) is 4.23. The van der Waals surface area contributed by atoms with E-state index in [1.807, 2.05) is 18.2 Å². The Balaban J connectivity index is 2.07. The molecule has 3 rings (SSSR count). The summed E-state index contributed by atoms with van der Waals surface area (Å²) in [6, 6.07) is 14.0. The van der Waals surface area contributed by atoms with Crippen LogP contribution in [-0.4, -0.2) is 15.9 Å². The first-order valence-corrected chi connectivity index (χ1v) is 6.25. The lowest BCUT2D eigenvalue weighted by Crippen LogP contribution is -1.99. The van der Waals surface area contributed by atoms with Crippen molar-refractivity contribution in [3.8, 4) is 5.75 Å². The van der Waals surface area contributed by atoms with Gasteiger partial charge in [-0.15, -0.1) is 11.3 Å². The highest BCUT2D eigenvalue weighted by Crippen LogP contribution is 2.27. The fourth-order valence-corrected chi connectivity index (χ4v) is 2.68. The van der Waals surface area contributed by atoms with E-state index < -0.39 is 0 Å². The zero-order chi connectivity index (χ0) is 12.5. The molecule has 0 atom stereocenters. The minimum Gasteiger partial charge on any atom is -0.508 e. The molecule has 0 saturated carbocycles. The molecule has 1 heterocycles. The van der Waals surface area contributed by atoms with E-state index in [0.717, 1.165) is 10.2 Å². The van der Waals surface area contributed by atoms with Crippen molar-refractivity contribution in [2.45, 2.75) is 0 Å². The van der Waals surface area contributed by atoms with E-state index in [4.69, 9.17) is 0 Å². The molecule has 0 radical (unpaired) electrons. The van der Waals surface area contributed by atoms with Crippen LogP contribution in [0.3, 0.4) is 0 Å². The Kier molecular flexibility index (Phi) is 2.57. The number of hydrogen-bond acceptors (Lipinski definition) is 4. The van der Waals surface area contributed by atoms with Crippen molar-refractivity contribution < 1.29 is 9.90 Å². The summed E-state index contributed by atoms with van der Waals surface area (Å²) in [5, 5.41) is 9.84. The maximum absolute atomic E-state index is 12.2. The van der Waals surface area contributed by atoms with Gasteiger partial charge in [0.15, 0.2) is 5.01 Å². The Morgan fingerprint density at radius 2 is 1.89 bits per heavy atom. The Bertz CT molecular complexity index is 719. The molecule has 0 amide bonds. The minimum absolute atomic E-state index is 0.0868. The van der Waals surface area contributed by atoms with Gasteiger partial charge in [-0.3, -0.25) is 4.79 Å². The second-order valence-electron chi connectivity index (χ2n) is 3.87. The van der Waals surface area contributed by atoms with Gasteiger partial charge in [0.1, 0.15) is 5.75 Å². The van der Waals surface area contributed by atoms with Crippen LogP contribution in [0.1, 0.15) is 15.4 Å². The number of benzene rings is 2. The summed E-state index contributed by atoms with van der Waals surface area (Å²) in [5.74, 6) is 0.0983. The highest BCUT2D eigenvalue weighted by molar-refractivity contribution is 7.20. The number of fused-ring (bicyclic) bond motifs is 1. The standard InChI is InChI=1S/C14H9NO2S/c16-10-6-7-11-12(8-10)18-14(15-11)13(17)9-4-2-1-3-5-9/h1-8,16H. The first-order chi connectivity index (χ1) is 8.74. The van der Waals surface area contributed by atoms with Crippen LogP contribution in [-0.2, 0) is 0 Å². The highest BCUT2D eigenvalue weighted by Gasteiger charge is 2.14. The fourth-order valence-electron chi connectivity index (χ4n) is 1.72. The molecule has 18 heavy (non-hydrogen) atoms. The molecular formula is C14H9NO2S. The quantitative estimate of drug-likeness (QED) is 0.715. The van der Waals surface area contributed by atoms with Gasteiger partial charge in [0.05, 0.1) is 10.2 Å². The van der Waals surface area contributed by atoms with Crippen LogP contribution in [0, 0.1) is 0 Å². The van der Waals surface area contributed by atoms with Crippen molar-refractivity contribution in [1.82, 2.24) is 4.98 Å². The summed E-state index contributed by atoms with van der Waals surface area (Å²) in [6.45, 7) is 0. The number of ketones is 1. The van der Waals surface area contributed by atoms with Crippen molar-refractivity contribution in [2.24, 2.45) is 0 Å². The topological polar surface area (TPSA) is 50.2 Å². The van der Waals surface area contributed by atoms with Gasteiger partial charge in [0.2, 0.25) is 5.78 Å². The van der Waals surface area contributed by atoms with E-state index >= 15 is 0 Å². The molecule has 4 heteroatoms. The van der Waals surface area contributed by atoms with E-state index in [2.05, 4.69) is 4.98 Å². The van der Waals surface area contributed by atoms with Crippen LogP contribution in [0.5, 0.6) is 5.75 Å². The van der Waals surface area contributed by atoms with E-state index in [0.29, 0.717) is 10.6 Å². The first kappa shape index (κ1) is 10.9. The molecule has 1 aromatic heterocycles. The van der Waals surface area contributed by atoms with Crippen molar-refractivity contribution in [1.29, 1.82) is 0 Å². The zero-order valence-electron chi connectivity index (χ0n) is 9.33. The Morgan fingerprint density at radius 3 is 2.67 bits per heavy atom. The first-order valence-electron chi connectivity index (χ1n) is 5.43. The highest BCUT2D eigenvalue weighted by atomic mass is 32.1. The molecule has 2 aromatic carbocycles. The van der Waals surface area contributed by atoms with Crippen LogP contribution in [0.2, 0.25) is 0 Å². The number of aromatic hydroxyl groups is 1. The number of nitrogens with zero attached hydrogens (tertiary/aromatic N) is 1. The lowest BCUT2D eigenvalue weighted by molar-refractivity contribution is 0.103. The van der Waals surface area contributed by atoms with E-state index in [1.165, 1.54) is 11.3 Å². The molecule has 0 aliphatic rings. The molecule has 1 N–H and O–H groups in total. The monoisotopic (exact) mass is 255 g/mol. The molecule has 0 aliphatic heterocycles. The van der Waals surface area contributed by atoms with Gasteiger partial charge >= 0.3 is 0 Å². The van der Waals surface area contributed by atoms with Gasteiger partial charge in [-0.1, -0.05) is 30.3 Å². The van der Waals surface area contributed by atoms with Crippen LogP contribution in [0.4, 0.5) is 0 Å². The summed E-state index contributed by atoms with van der Waals surface area (Å²) in [5.41, 5.74) is 1.36. The summed E-state index contributed by atoms with van der Waals surface area (Å²) >= 11 is 1.29. The van der Waals surface area contributed by atoms with Crippen molar-refractivity contribution >= 4 is 27.3 Å². The van der Waals surface area contributed by atoms with Crippen LogP contribution < -0.4 is 0 Å². The van der Waals surface area contributed by atoms with Gasteiger partial charge in [-0.25, -0.2) is 4.98 Å². The van der Waals surface area contributed by atoms with Crippen LogP contribution >= 0.6 is 11.3 Å². The Labute approximate surface area is 107 Å². The fraction of sp³-hybridized carbons (Fsp3) is 0. The third-order valence-corrected chi connectivity index (χ3v) is 3.62. The number of aromatic nitrogens is 1. The molecule has 0 saturated heterocycles. The second-order valence-corrected chi connectivity index (χ2v) is 4.90. The van der Waals surface area contributed by atoms with Crippen LogP contribution in [0.15, 0.2) is 48.5 Å². The third kappa shape index (κ3) is 1.87. The lowest BCUT2D eigenvalue weighted by Gasteiger charge is -1.94. The van der Waals surface area contributed by atoms with Crippen molar-refractivity contribution in [3.63, 3.8) is 0 Å². The SMILES string of the molecule is O=C(c1ccccc1)c1nc2ccc(O)cc2s1. The van der Waals surface area contributed by atoms with Gasteiger partial charge in [-0.2, -0.15) is 0 Å². The summed E-state index contributed by atoms with van der Waals surface area (Å²) < 4.78 is 0.814. The number of hydrogen-bond donors (Lipinski definition) is 1. The summed E-state index contributed by atoms with van der Waals surface area (Å²) in [7, 11) is 0. The zero-order valence-corrected chi connectivity index (χ0v) is 10.1. The number of thiazole rings is 1. The lowest BCUT2D eigenvalue weighted by atomic mass is 10.1. The molecule has 0 fully saturated rings. The number of rotatable bonds is 2. The van der Waals surface area contributed by atoms with Gasteiger partial charge in [-0.05, 0) is 18.2 Å². The van der Waals surface area contributed by atoms with Crippen LogP contribution in [0.25, 0.3) is 10.2 Å². The maximum atomic E-state index is 12.2. The van der Waals surface area contributed by atoms with E-state index in [1.54, 1.807) is 30.3 Å². The van der Waals surface area contributed by atoms with Crippen molar-refractivity contribution in [3.05, 3.63) is 59.1 Å². The van der Waals surface area contributed by atoms with Crippen molar-refractivity contribution in [2.75, 3.05) is 0 Å². The average molecular weight is 255 g/mol. The molecule has 0 aliphatic carbocycles. The predicted molar refractivity (Wildman–Crippen MR) is 71.2 cm³/mol.